The fourth-order valence-electron chi connectivity index (χ4n) is 6.38. The molecule has 39 heavy (non-hydrogen) atoms. The number of nitrogens with zero attached hydrogens (tertiary/aromatic N) is 4. The average molecular weight is 547 g/mol. The molecule has 0 N–H and O–H groups in total. The van der Waals surface area contributed by atoms with Gasteiger partial charge in [-0.25, -0.2) is 9.97 Å². The van der Waals surface area contributed by atoms with E-state index >= 15 is 0 Å². The summed E-state index contributed by atoms with van der Waals surface area (Å²) in [6.45, 7) is 6.12. The molecule has 0 radical (unpaired) electrons. The van der Waals surface area contributed by atoms with Gasteiger partial charge in [0.2, 0.25) is 0 Å². The highest BCUT2D eigenvalue weighted by molar-refractivity contribution is 5.94. The van der Waals surface area contributed by atoms with Crippen molar-refractivity contribution < 1.29 is 27.4 Å². The van der Waals surface area contributed by atoms with Gasteiger partial charge >= 0.3 is 6.18 Å². The number of carbonyl (C=O) groups excluding carboxylic acids is 1. The zero-order valence-corrected chi connectivity index (χ0v) is 22.6. The number of rotatable bonds is 6. The van der Waals surface area contributed by atoms with Crippen molar-refractivity contribution in [2.75, 3.05) is 51.4 Å². The predicted molar refractivity (Wildman–Crippen MR) is 141 cm³/mol. The molecule has 212 valence electrons. The van der Waals surface area contributed by atoms with E-state index in [-0.39, 0.29) is 17.9 Å². The average Bonchev–Trinajstić information content (AvgIpc) is 3.43. The lowest BCUT2D eigenvalue weighted by Gasteiger charge is -2.37. The van der Waals surface area contributed by atoms with Crippen LogP contribution in [0.3, 0.4) is 0 Å². The van der Waals surface area contributed by atoms with Crippen LogP contribution in [0.15, 0.2) is 30.6 Å². The Balaban J connectivity index is 1.19. The first-order valence-electron chi connectivity index (χ1n) is 13.9. The molecule has 5 rings (SSSR count). The fraction of sp³-hybridized carbons (Fsp3) is 0.621. The van der Waals surface area contributed by atoms with Gasteiger partial charge in [-0.2, -0.15) is 13.2 Å². The summed E-state index contributed by atoms with van der Waals surface area (Å²) in [6, 6.07) is 5.43. The molecule has 3 saturated heterocycles. The molecule has 10 heteroatoms. The highest BCUT2D eigenvalue weighted by Gasteiger charge is 2.34. The number of hydrogen-bond acceptors (Lipinski definition) is 6. The van der Waals surface area contributed by atoms with Crippen molar-refractivity contribution in [2.24, 2.45) is 11.8 Å². The largest absolute Gasteiger partial charge is 0.416 e. The second-order valence-electron chi connectivity index (χ2n) is 11.1. The number of aromatic nitrogens is 2. The van der Waals surface area contributed by atoms with Crippen molar-refractivity contribution in [3.8, 4) is 0 Å². The van der Waals surface area contributed by atoms with Crippen LogP contribution < -0.4 is 4.90 Å². The summed E-state index contributed by atoms with van der Waals surface area (Å²) in [5.41, 5.74) is 1.43. The van der Waals surface area contributed by atoms with E-state index in [4.69, 9.17) is 9.47 Å². The molecule has 1 amide bonds. The van der Waals surface area contributed by atoms with Gasteiger partial charge in [-0.3, -0.25) is 4.79 Å². The van der Waals surface area contributed by atoms with Crippen molar-refractivity contribution in [1.82, 2.24) is 14.9 Å². The van der Waals surface area contributed by atoms with Gasteiger partial charge in [0, 0.05) is 51.4 Å². The number of likely N-dealkylation sites (tertiary alicyclic amines) is 1. The van der Waals surface area contributed by atoms with Gasteiger partial charge in [0.15, 0.2) is 0 Å². The van der Waals surface area contributed by atoms with E-state index in [1.54, 1.807) is 19.2 Å². The van der Waals surface area contributed by atoms with Gasteiger partial charge in [0.1, 0.15) is 17.8 Å². The Morgan fingerprint density at radius 3 is 2.51 bits per heavy atom. The van der Waals surface area contributed by atoms with Crippen LogP contribution in [-0.4, -0.2) is 73.4 Å². The zero-order valence-electron chi connectivity index (χ0n) is 22.6. The third kappa shape index (κ3) is 6.22. The molecule has 0 bridgehead atoms. The molecule has 0 aliphatic carbocycles. The van der Waals surface area contributed by atoms with Crippen LogP contribution in [0.1, 0.15) is 65.2 Å². The van der Waals surface area contributed by atoms with Crippen molar-refractivity contribution in [2.45, 2.75) is 57.2 Å². The second-order valence-corrected chi connectivity index (χ2v) is 11.1. The summed E-state index contributed by atoms with van der Waals surface area (Å²) in [6.07, 6.45) is 2.15. The molecule has 1 aromatic carbocycles. The van der Waals surface area contributed by atoms with Crippen molar-refractivity contribution >= 4 is 11.7 Å². The van der Waals surface area contributed by atoms with Crippen LogP contribution in [0, 0.1) is 18.8 Å². The maximum absolute atomic E-state index is 13.5. The standard InChI is InChI=1S/C29H37F3N4O3/c1-19-26(28(37)35-11-7-20(8-12-35)15-22-10-14-39-17-25(22)38-2)33-18-34-27(19)36-13-9-23(16-36)21-3-5-24(6-4-21)29(30,31)32/h3-6,18,20,22-23,25H,7-17H2,1-2H3. The van der Waals surface area contributed by atoms with E-state index in [0.29, 0.717) is 43.8 Å². The number of benzene rings is 1. The van der Waals surface area contributed by atoms with Crippen LogP contribution in [-0.2, 0) is 15.7 Å². The van der Waals surface area contributed by atoms with Crippen LogP contribution in [0.5, 0.6) is 0 Å². The fourth-order valence-corrected chi connectivity index (χ4v) is 6.38. The number of ether oxygens (including phenoxy) is 2. The Labute approximate surface area is 227 Å². The predicted octanol–water partition coefficient (Wildman–Crippen LogP) is 5.09. The highest BCUT2D eigenvalue weighted by Crippen LogP contribution is 2.35. The summed E-state index contributed by atoms with van der Waals surface area (Å²) in [5, 5.41) is 0. The number of hydrogen-bond donors (Lipinski definition) is 0. The lowest BCUT2D eigenvalue weighted by atomic mass is 9.82. The van der Waals surface area contributed by atoms with Crippen LogP contribution in [0.25, 0.3) is 0 Å². The maximum atomic E-state index is 13.5. The van der Waals surface area contributed by atoms with Gasteiger partial charge in [0.25, 0.3) is 5.91 Å². The smallest absolute Gasteiger partial charge is 0.379 e. The van der Waals surface area contributed by atoms with Crippen molar-refractivity contribution in [1.29, 1.82) is 0 Å². The molecule has 1 aromatic heterocycles. The lowest BCUT2D eigenvalue weighted by molar-refractivity contribution is -0.137. The molecule has 3 aliphatic rings. The first kappa shape index (κ1) is 27.8. The normalized spacial score (nSPS) is 24.8. The van der Waals surface area contributed by atoms with E-state index in [2.05, 4.69) is 14.9 Å². The number of methoxy groups -OCH3 is 1. The Kier molecular flexibility index (Phi) is 8.42. The summed E-state index contributed by atoms with van der Waals surface area (Å²) in [5.74, 6) is 1.85. The number of halogens is 3. The SMILES string of the molecule is COC1COCCC1CC1CCN(C(=O)c2ncnc(N3CCC(c4ccc(C(F)(F)F)cc4)C3)c2C)CC1. The summed E-state index contributed by atoms with van der Waals surface area (Å²) in [4.78, 5) is 26.3. The van der Waals surface area contributed by atoms with Crippen LogP contribution >= 0.6 is 0 Å². The number of anilines is 1. The van der Waals surface area contributed by atoms with E-state index < -0.39 is 11.7 Å². The van der Waals surface area contributed by atoms with Crippen molar-refractivity contribution in [3.05, 3.63) is 53.0 Å². The molecule has 0 spiro atoms. The Hall–Kier alpha value is -2.72. The van der Waals surface area contributed by atoms with E-state index in [1.165, 1.54) is 6.33 Å². The lowest BCUT2D eigenvalue weighted by Crippen LogP contribution is -2.41. The summed E-state index contributed by atoms with van der Waals surface area (Å²) < 4.78 is 50.0. The first-order chi connectivity index (χ1) is 18.7. The van der Waals surface area contributed by atoms with Gasteiger partial charge < -0.3 is 19.3 Å². The van der Waals surface area contributed by atoms with Gasteiger partial charge in [-0.1, -0.05) is 12.1 Å². The molecule has 3 atom stereocenters. The molecule has 3 aliphatic heterocycles. The Morgan fingerprint density at radius 2 is 1.82 bits per heavy atom. The number of carbonyl (C=O) groups is 1. The van der Waals surface area contributed by atoms with Gasteiger partial charge in [-0.15, -0.1) is 0 Å². The highest BCUT2D eigenvalue weighted by atomic mass is 19.4. The topological polar surface area (TPSA) is 67.8 Å². The summed E-state index contributed by atoms with van der Waals surface area (Å²) >= 11 is 0. The monoisotopic (exact) mass is 546 g/mol. The molecular formula is C29H37F3N4O3. The minimum Gasteiger partial charge on any atom is -0.379 e. The van der Waals surface area contributed by atoms with Gasteiger partial charge in [0.05, 0.1) is 18.3 Å². The third-order valence-electron chi connectivity index (χ3n) is 8.74. The van der Waals surface area contributed by atoms with Crippen LogP contribution in [0.2, 0.25) is 0 Å². The Bertz CT molecular complexity index is 1140. The zero-order chi connectivity index (χ0) is 27.6. The minimum atomic E-state index is -4.34. The van der Waals surface area contributed by atoms with Crippen LogP contribution in [0.4, 0.5) is 19.0 Å². The van der Waals surface area contributed by atoms with E-state index in [1.807, 2.05) is 11.8 Å². The Morgan fingerprint density at radius 1 is 1.08 bits per heavy atom. The molecule has 3 unspecified atom stereocenters. The van der Waals surface area contributed by atoms with E-state index in [9.17, 15) is 18.0 Å². The second kappa shape index (κ2) is 11.8. The van der Waals surface area contributed by atoms with E-state index in [0.717, 1.165) is 74.3 Å². The molecule has 0 saturated carbocycles. The quantitative estimate of drug-likeness (QED) is 0.503. The number of amides is 1. The summed E-state index contributed by atoms with van der Waals surface area (Å²) in [7, 11) is 1.75. The number of alkyl halides is 3. The minimum absolute atomic E-state index is 0.0612. The molecule has 3 fully saturated rings. The number of piperidine rings is 1. The maximum Gasteiger partial charge on any atom is 0.416 e. The van der Waals surface area contributed by atoms with Crippen molar-refractivity contribution in [3.63, 3.8) is 0 Å². The third-order valence-corrected chi connectivity index (χ3v) is 8.74. The molecule has 2 aromatic rings. The molecule has 7 nitrogen and oxygen atoms in total. The molecule has 4 heterocycles. The molecular weight excluding hydrogens is 509 g/mol. The van der Waals surface area contributed by atoms with Gasteiger partial charge in [-0.05, 0) is 68.6 Å². The first-order valence-corrected chi connectivity index (χ1v) is 13.9.